The third kappa shape index (κ3) is 2.69. The smallest absolute Gasteiger partial charge is 0.247 e. The highest BCUT2D eigenvalue weighted by molar-refractivity contribution is 9.10. The third-order valence-electron chi connectivity index (χ3n) is 4.85. The van der Waals surface area contributed by atoms with Crippen molar-refractivity contribution in [2.45, 2.75) is 12.0 Å². The Morgan fingerprint density at radius 2 is 2.25 bits per heavy atom. The molecule has 5 rings (SSSR count). The molecule has 140 valence electrons. The monoisotopic (exact) mass is 438 g/mol. The van der Waals surface area contributed by atoms with Gasteiger partial charge in [0.05, 0.1) is 40.7 Å². The van der Waals surface area contributed by atoms with Crippen LogP contribution in [-0.2, 0) is 5.54 Å². The zero-order valence-electron chi connectivity index (χ0n) is 14.6. The summed E-state index contributed by atoms with van der Waals surface area (Å²) < 4.78 is 4.52. The number of H-pyrrole nitrogens is 1. The van der Waals surface area contributed by atoms with Gasteiger partial charge in [-0.25, -0.2) is 4.52 Å². The second-order valence-electron chi connectivity index (χ2n) is 6.73. The van der Waals surface area contributed by atoms with Crippen LogP contribution < -0.4 is 10.2 Å². The average Bonchev–Trinajstić information content (AvgIpc) is 3.38. The molecule has 28 heavy (non-hydrogen) atoms. The molecule has 0 bridgehead atoms. The van der Waals surface area contributed by atoms with E-state index < -0.39 is 0 Å². The normalized spacial score (nSPS) is 15.4. The summed E-state index contributed by atoms with van der Waals surface area (Å²) in [6.07, 6.45) is 9.31. The number of anilines is 3. The van der Waals surface area contributed by atoms with Crippen LogP contribution in [0.25, 0.3) is 5.65 Å². The summed E-state index contributed by atoms with van der Waals surface area (Å²) in [6, 6.07) is 6.25. The molecule has 4 aromatic rings. The van der Waals surface area contributed by atoms with Gasteiger partial charge in [-0.2, -0.15) is 20.4 Å². The van der Waals surface area contributed by atoms with Crippen LogP contribution in [0.15, 0.2) is 47.6 Å². The highest BCUT2D eigenvalue weighted by Crippen LogP contribution is 2.37. The Morgan fingerprint density at radius 1 is 1.36 bits per heavy atom. The van der Waals surface area contributed by atoms with Crippen molar-refractivity contribution in [2.75, 3.05) is 23.3 Å². The summed E-state index contributed by atoms with van der Waals surface area (Å²) in [4.78, 5) is 6.82. The number of nitrogens with one attached hydrogen (secondary N) is 2. The van der Waals surface area contributed by atoms with E-state index in [9.17, 15) is 5.26 Å². The van der Waals surface area contributed by atoms with Gasteiger partial charge in [0.2, 0.25) is 5.95 Å². The average molecular weight is 439 g/mol. The lowest BCUT2D eigenvalue weighted by Gasteiger charge is -2.50. The van der Waals surface area contributed by atoms with Crippen LogP contribution in [0.3, 0.4) is 0 Å². The minimum Gasteiger partial charge on any atom is -0.363 e. The number of hydrogen-bond donors (Lipinski definition) is 2. The quantitative estimate of drug-likeness (QED) is 0.490. The number of halogens is 1. The van der Waals surface area contributed by atoms with Gasteiger partial charge in [-0.3, -0.25) is 9.78 Å². The van der Waals surface area contributed by atoms with Gasteiger partial charge in [-0.1, -0.05) is 0 Å². The molecule has 1 fully saturated rings. The second kappa shape index (κ2) is 6.35. The van der Waals surface area contributed by atoms with Crippen LogP contribution >= 0.6 is 15.9 Å². The molecule has 0 aromatic carbocycles. The van der Waals surface area contributed by atoms with Gasteiger partial charge in [0.1, 0.15) is 5.54 Å². The molecule has 0 atom stereocenters. The number of nitriles is 1. The molecule has 1 saturated heterocycles. The van der Waals surface area contributed by atoms with Crippen molar-refractivity contribution in [2.24, 2.45) is 0 Å². The van der Waals surface area contributed by atoms with Crippen molar-refractivity contribution in [3.63, 3.8) is 0 Å². The number of nitrogens with zero attached hydrogens (tertiary/aromatic N) is 8. The molecular weight excluding hydrogens is 424 g/mol. The van der Waals surface area contributed by atoms with E-state index in [1.165, 1.54) is 0 Å². The first-order valence-corrected chi connectivity index (χ1v) is 9.40. The Bertz CT molecular complexity index is 1160. The van der Waals surface area contributed by atoms with E-state index in [1.54, 1.807) is 23.1 Å². The maximum absolute atomic E-state index is 9.33. The van der Waals surface area contributed by atoms with Crippen molar-refractivity contribution < 1.29 is 0 Å². The molecule has 0 spiro atoms. The fraction of sp³-hybridized carbons (Fsp3) is 0.235. The minimum atomic E-state index is -0.342. The van der Waals surface area contributed by atoms with Crippen LogP contribution in [0, 0.1) is 11.3 Å². The van der Waals surface area contributed by atoms with E-state index in [4.69, 9.17) is 0 Å². The molecule has 0 aliphatic carbocycles. The van der Waals surface area contributed by atoms with Crippen LogP contribution in [0.5, 0.6) is 0 Å². The van der Waals surface area contributed by atoms with Crippen molar-refractivity contribution in [3.8, 4) is 6.07 Å². The van der Waals surface area contributed by atoms with Crippen LogP contribution in [0.4, 0.5) is 17.3 Å². The summed E-state index contributed by atoms with van der Waals surface area (Å²) in [5.41, 5.74) is 2.17. The van der Waals surface area contributed by atoms with Gasteiger partial charge in [0.15, 0.2) is 5.65 Å². The molecule has 0 radical (unpaired) electrons. The molecule has 0 saturated carbocycles. The highest BCUT2D eigenvalue weighted by Gasteiger charge is 2.46. The molecule has 10 nitrogen and oxygen atoms in total. The Morgan fingerprint density at radius 3 is 2.96 bits per heavy atom. The summed E-state index contributed by atoms with van der Waals surface area (Å²) in [6.45, 7) is 1.34. The van der Waals surface area contributed by atoms with Gasteiger partial charge in [0.25, 0.3) is 0 Å². The Labute approximate surface area is 167 Å². The first kappa shape index (κ1) is 16.8. The number of pyridine rings is 1. The van der Waals surface area contributed by atoms with E-state index >= 15 is 0 Å². The lowest BCUT2D eigenvalue weighted by Crippen LogP contribution is -2.63. The van der Waals surface area contributed by atoms with Crippen LogP contribution in [-0.4, -0.2) is 47.7 Å². The zero-order valence-corrected chi connectivity index (χ0v) is 16.2. The summed E-state index contributed by atoms with van der Waals surface area (Å²) in [5, 5.41) is 28.0. The molecule has 0 unspecified atom stereocenters. The van der Waals surface area contributed by atoms with Crippen molar-refractivity contribution in [1.29, 1.82) is 5.26 Å². The lowest BCUT2D eigenvalue weighted by molar-refractivity contribution is 0.198. The van der Waals surface area contributed by atoms with E-state index in [0.717, 1.165) is 21.5 Å². The summed E-state index contributed by atoms with van der Waals surface area (Å²) >= 11 is 3.43. The number of hydrogen-bond acceptors (Lipinski definition) is 7. The maximum atomic E-state index is 9.33. The summed E-state index contributed by atoms with van der Waals surface area (Å²) in [7, 11) is 0. The lowest BCUT2D eigenvalue weighted by atomic mass is 9.86. The largest absolute Gasteiger partial charge is 0.363 e. The number of fused-ring (bicyclic) bond motifs is 1. The number of aromatic amines is 1. The highest BCUT2D eigenvalue weighted by atomic mass is 79.9. The molecular formula is C17H15BrN10. The number of aromatic nitrogens is 7. The topological polar surface area (TPSA) is 116 Å². The fourth-order valence-electron chi connectivity index (χ4n) is 3.52. The SMILES string of the molecule is N#CCC1(n2cc(Br)cn2)CN(c2cccn3nc(Nc4cn[nH]c4)nc23)C1. The molecule has 1 aliphatic rings. The van der Waals surface area contributed by atoms with Crippen LogP contribution in [0.1, 0.15) is 6.42 Å². The predicted molar refractivity (Wildman–Crippen MR) is 105 cm³/mol. The van der Waals surface area contributed by atoms with Gasteiger partial charge in [-0.05, 0) is 28.1 Å². The Hall–Kier alpha value is -3.39. The molecule has 2 N–H and O–H groups in total. The minimum absolute atomic E-state index is 0.342. The second-order valence-corrected chi connectivity index (χ2v) is 7.64. The van der Waals surface area contributed by atoms with Gasteiger partial charge in [0, 0.05) is 31.7 Å². The van der Waals surface area contributed by atoms with E-state index in [-0.39, 0.29) is 5.54 Å². The van der Waals surface area contributed by atoms with E-state index in [0.29, 0.717) is 25.5 Å². The third-order valence-corrected chi connectivity index (χ3v) is 5.26. The molecule has 1 aliphatic heterocycles. The number of rotatable bonds is 5. The predicted octanol–water partition coefficient (Wildman–Crippen LogP) is 2.28. The van der Waals surface area contributed by atoms with Crippen molar-refractivity contribution in [1.82, 2.24) is 34.6 Å². The molecule has 0 amide bonds. The maximum Gasteiger partial charge on any atom is 0.247 e. The Kier molecular flexibility index (Phi) is 3.80. The molecule has 11 heteroatoms. The van der Waals surface area contributed by atoms with E-state index in [1.807, 2.05) is 29.2 Å². The van der Waals surface area contributed by atoms with Gasteiger partial charge >= 0.3 is 0 Å². The van der Waals surface area contributed by atoms with E-state index in [2.05, 4.69) is 57.6 Å². The standard InChI is InChI=1S/C17H15BrN10/c18-12-6-22-28(9-12)17(3-4-19)10-26(11-17)14-2-1-5-27-15(14)24-16(25-27)23-13-7-20-21-8-13/h1-2,5-9H,3,10-11H2,(H,20,21)(H,23,25). The van der Waals surface area contributed by atoms with Crippen molar-refractivity contribution >= 4 is 38.9 Å². The molecule has 4 aromatic heterocycles. The summed E-state index contributed by atoms with van der Waals surface area (Å²) in [5.74, 6) is 0.494. The fourth-order valence-corrected chi connectivity index (χ4v) is 3.81. The van der Waals surface area contributed by atoms with Crippen LogP contribution in [0.2, 0.25) is 0 Å². The van der Waals surface area contributed by atoms with Crippen molar-refractivity contribution in [3.05, 3.63) is 47.6 Å². The first-order chi connectivity index (χ1) is 13.7. The first-order valence-electron chi connectivity index (χ1n) is 8.61. The van der Waals surface area contributed by atoms with Gasteiger partial charge in [-0.15, -0.1) is 5.10 Å². The zero-order chi connectivity index (χ0) is 19.1. The van der Waals surface area contributed by atoms with Gasteiger partial charge < -0.3 is 10.2 Å². The molecule has 5 heterocycles. The Balaban J connectivity index is 1.44.